The van der Waals surface area contributed by atoms with Gasteiger partial charge in [-0.1, -0.05) is 6.92 Å². The van der Waals surface area contributed by atoms with Crippen LogP contribution in [0.3, 0.4) is 0 Å². The van der Waals surface area contributed by atoms with Crippen LogP contribution in [-0.2, 0) is 4.79 Å². The fraction of sp³-hybridized carbons (Fsp3) is 0.667. The van der Waals surface area contributed by atoms with Crippen molar-refractivity contribution in [2.45, 2.75) is 20.3 Å². The number of hydrogen-bond acceptors (Lipinski definition) is 1. The number of carbonyl (C=O) groups excluding carboxylic acids is 1. The van der Waals surface area contributed by atoms with Crippen LogP contribution in [-0.4, -0.2) is 12.5 Å². The van der Waals surface area contributed by atoms with Crippen molar-refractivity contribution in [3.05, 3.63) is 6.42 Å². The minimum Gasteiger partial charge on any atom is -0.356 e. The largest absolute Gasteiger partial charge is 0.356 e. The van der Waals surface area contributed by atoms with Crippen LogP contribution in [0.25, 0.3) is 0 Å². The van der Waals surface area contributed by atoms with Gasteiger partial charge in [-0.3, -0.25) is 4.79 Å². The van der Waals surface area contributed by atoms with Crippen molar-refractivity contribution in [3.63, 3.8) is 0 Å². The topological polar surface area (TPSA) is 29.1 Å². The highest BCUT2D eigenvalue weighted by Gasteiger charge is 1.92. The average molecular weight is 114 g/mol. The third-order valence-corrected chi connectivity index (χ3v) is 0.763. The maximum absolute atomic E-state index is 10.5. The van der Waals surface area contributed by atoms with Gasteiger partial charge >= 0.3 is 0 Å². The molecule has 1 amide bonds. The highest BCUT2D eigenvalue weighted by atomic mass is 16.1. The van der Waals surface area contributed by atoms with E-state index in [0.717, 1.165) is 6.54 Å². The maximum Gasteiger partial charge on any atom is 0.220 e. The molecular formula is C6H12NO. The molecule has 0 aliphatic carbocycles. The Morgan fingerprint density at radius 1 is 1.75 bits per heavy atom. The van der Waals surface area contributed by atoms with E-state index in [4.69, 9.17) is 0 Å². The molecule has 0 heterocycles. The van der Waals surface area contributed by atoms with Gasteiger partial charge in [-0.2, -0.15) is 0 Å². The van der Waals surface area contributed by atoms with Crippen molar-refractivity contribution >= 4 is 5.91 Å². The van der Waals surface area contributed by atoms with Gasteiger partial charge in [-0.15, -0.1) is 0 Å². The Morgan fingerprint density at radius 3 is 2.75 bits per heavy atom. The zero-order valence-electron chi connectivity index (χ0n) is 5.40. The monoisotopic (exact) mass is 114 g/mol. The summed E-state index contributed by atoms with van der Waals surface area (Å²) in [5, 5.41) is 2.68. The predicted molar refractivity (Wildman–Crippen MR) is 33.3 cm³/mol. The smallest absolute Gasteiger partial charge is 0.220 e. The van der Waals surface area contributed by atoms with Crippen LogP contribution in [0.4, 0.5) is 0 Å². The molecule has 47 valence electrons. The number of carbonyl (C=O) groups is 1. The van der Waals surface area contributed by atoms with E-state index in [1.54, 1.807) is 0 Å². The molecule has 1 N–H and O–H groups in total. The average Bonchev–Trinajstić information content (AvgIpc) is 1.68. The molecule has 0 bridgehead atoms. The zero-order chi connectivity index (χ0) is 6.41. The maximum atomic E-state index is 10.5. The van der Waals surface area contributed by atoms with Crippen LogP contribution in [0, 0.1) is 6.42 Å². The Kier molecular flexibility index (Phi) is 4.32. The van der Waals surface area contributed by atoms with E-state index >= 15 is 0 Å². The number of amides is 1. The summed E-state index contributed by atoms with van der Waals surface area (Å²) in [4.78, 5) is 10.5. The van der Waals surface area contributed by atoms with Gasteiger partial charge in [0.15, 0.2) is 0 Å². The van der Waals surface area contributed by atoms with E-state index in [1.165, 1.54) is 0 Å². The first-order valence-corrected chi connectivity index (χ1v) is 2.85. The Labute approximate surface area is 50.3 Å². The summed E-state index contributed by atoms with van der Waals surface area (Å²) in [6.45, 7) is 4.51. The van der Waals surface area contributed by atoms with Crippen molar-refractivity contribution in [1.29, 1.82) is 0 Å². The summed E-state index contributed by atoms with van der Waals surface area (Å²) in [6, 6.07) is 0. The molecule has 2 heteroatoms. The Morgan fingerprint density at radius 2 is 2.38 bits per heavy atom. The number of nitrogens with one attached hydrogen (secondary N) is 1. The standard InChI is InChI=1S/C6H12NO/c1-3-5-6(8)7-4-2/h3H,4-5H2,1-2H3,(H,7,8). The third-order valence-electron chi connectivity index (χ3n) is 0.763. The Bertz CT molecular complexity index is 62.9. The van der Waals surface area contributed by atoms with E-state index < -0.39 is 0 Å². The summed E-state index contributed by atoms with van der Waals surface area (Å²) in [6.07, 6.45) is 2.37. The fourth-order valence-electron chi connectivity index (χ4n) is 0.455. The van der Waals surface area contributed by atoms with Crippen LogP contribution in [0.1, 0.15) is 20.3 Å². The molecule has 0 aromatic rings. The summed E-state index contributed by atoms with van der Waals surface area (Å²) in [7, 11) is 0. The Hall–Kier alpha value is -0.530. The lowest BCUT2D eigenvalue weighted by molar-refractivity contribution is -0.120. The molecule has 0 spiro atoms. The molecule has 0 rings (SSSR count). The van der Waals surface area contributed by atoms with E-state index in [0.29, 0.717) is 6.42 Å². The molecule has 8 heavy (non-hydrogen) atoms. The van der Waals surface area contributed by atoms with Crippen LogP contribution >= 0.6 is 0 Å². The van der Waals surface area contributed by atoms with Gasteiger partial charge in [-0.05, 0) is 13.3 Å². The third kappa shape index (κ3) is 3.65. The van der Waals surface area contributed by atoms with Gasteiger partial charge in [0, 0.05) is 13.0 Å². The van der Waals surface area contributed by atoms with Gasteiger partial charge in [0.2, 0.25) is 5.91 Å². The fourth-order valence-corrected chi connectivity index (χ4v) is 0.455. The van der Waals surface area contributed by atoms with Crippen molar-refractivity contribution in [2.24, 2.45) is 0 Å². The first-order chi connectivity index (χ1) is 3.81. The molecule has 0 atom stereocenters. The minimum absolute atomic E-state index is 0.106. The first-order valence-electron chi connectivity index (χ1n) is 2.85. The van der Waals surface area contributed by atoms with Crippen molar-refractivity contribution in [3.8, 4) is 0 Å². The molecule has 0 aromatic carbocycles. The highest BCUT2D eigenvalue weighted by Crippen LogP contribution is 1.81. The van der Waals surface area contributed by atoms with E-state index in [1.807, 2.05) is 20.3 Å². The van der Waals surface area contributed by atoms with E-state index in [9.17, 15) is 4.79 Å². The molecule has 0 saturated carbocycles. The van der Waals surface area contributed by atoms with E-state index in [-0.39, 0.29) is 5.91 Å². The molecule has 0 aliphatic heterocycles. The number of hydrogen-bond donors (Lipinski definition) is 1. The summed E-state index contributed by atoms with van der Waals surface area (Å²) in [5.41, 5.74) is 0. The second-order valence-electron chi connectivity index (χ2n) is 1.57. The summed E-state index contributed by atoms with van der Waals surface area (Å²) < 4.78 is 0. The van der Waals surface area contributed by atoms with Gasteiger partial charge in [-0.25, -0.2) is 0 Å². The predicted octanol–water partition coefficient (Wildman–Crippen LogP) is 0.737. The minimum atomic E-state index is 0.106. The second-order valence-corrected chi connectivity index (χ2v) is 1.57. The molecular weight excluding hydrogens is 102 g/mol. The van der Waals surface area contributed by atoms with Crippen molar-refractivity contribution in [2.75, 3.05) is 6.54 Å². The zero-order valence-corrected chi connectivity index (χ0v) is 5.40. The molecule has 1 radical (unpaired) electrons. The second kappa shape index (κ2) is 4.62. The lowest BCUT2D eigenvalue weighted by Crippen LogP contribution is -2.21. The van der Waals surface area contributed by atoms with Crippen LogP contribution in [0.2, 0.25) is 0 Å². The highest BCUT2D eigenvalue weighted by molar-refractivity contribution is 5.76. The van der Waals surface area contributed by atoms with Gasteiger partial charge < -0.3 is 5.32 Å². The normalized spacial score (nSPS) is 8.75. The lowest BCUT2D eigenvalue weighted by atomic mass is 10.3. The van der Waals surface area contributed by atoms with Gasteiger partial charge in [0.25, 0.3) is 0 Å². The van der Waals surface area contributed by atoms with E-state index in [2.05, 4.69) is 5.32 Å². The molecule has 0 aliphatic rings. The van der Waals surface area contributed by atoms with Crippen LogP contribution < -0.4 is 5.32 Å². The summed E-state index contributed by atoms with van der Waals surface area (Å²) >= 11 is 0. The molecule has 0 aromatic heterocycles. The molecule has 0 unspecified atom stereocenters. The SMILES string of the molecule is C[CH]CC(=O)NCC. The molecule has 0 saturated heterocycles. The first kappa shape index (κ1) is 7.47. The number of rotatable bonds is 3. The van der Waals surface area contributed by atoms with Gasteiger partial charge in [0.1, 0.15) is 0 Å². The summed E-state index contributed by atoms with van der Waals surface area (Å²) in [5.74, 6) is 0.106. The lowest BCUT2D eigenvalue weighted by Gasteiger charge is -1.96. The quantitative estimate of drug-likeness (QED) is 0.576. The van der Waals surface area contributed by atoms with Gasteiger partial charge in [0.05, 0.1) is 0 Å². The van der Waals surface area contributed by atoms with Crippen molar-refractivity contribution in [1.82, 2.24) is 5.32 Å². The van der Waals surface area contributed by atoms with Crippen molar-refractivity contribution < 1.29 is 4.79 Å². The Balaban J connectivity index is 3.06. The molecule has 2 nitrogen and oxygen atoms in total. The van der Waals surface area contributed by atoms with Crippen LogP contribution in [0.5, 0.6) is 0 Å². The molecule has 0 fully saturated rings. The van der Waals surface area contributed by atoms with Crippen LogP contribution in [0.15, 0.2) is 0 Å².